The summed E-state index contributed by atoms with van der Waals surface area (Å²) in [6.45, 7) is 9.14. The minimum absolute atomic E-state index is 0.273. The Balaban J connectivity index is 2.95. The van der Waals surface area contributed by atoms with Gasteiger partial charge in [-0.3, -0.25) is 0 Å². The van der Waals surface area contributed by atoms with Gasteiger partial charge in [-0.15, -0.1) is 0 Å². The molecule has 0 aliphatic carbocycles. The summed E-state index contributed by atoms with van der Waals surface area (Å²) < 4.78 is 27.8. The van der Waals surface area contributed by atoms with Gasteiger partial charge in [0.1, 0.15) is 0 Å². The number of sulfonamides is 1. The number of hydrogen-bond donors (Lipinski definition) is 2. The first-order valence-corrected chi connectivity index (χ1v) is 9.01. The van der Waals surface area contributed by atoms with Crippen molar-refractivity contribution in [1.82, 2.24) is 10.0 Å². The summed E-state index contributed by atoms with van der Waals surface area (Å²) >= 11 is 3.31. The van der Waals surface area contributed by atoms with Gasteiger partial charge in [0.15, 0.2) is 0 Å². The number of rotatable bonds is 7. The first kappa shape index (κ1) is 17.6. The van der Waals surface area contributed by atoms with Crippen molar-refractivity contribution in [2.24, 2.45) is 5.92 Å². The van der Waals surface area contributed by atoms with Gasteiger partial charge in [-0.25, -0.2) is 13.1 Å². The van der Waals surface area contributed by atoms with Crippen LogP contribution in [0.15, 0.2) is 27.6 Å². The van der Waals surface area contributed by atoms with E-state index in [1.807, 2.05) is 19.9 Å². The molecule has 0 unspecified atom stereocenters. The molecule has 6 heteroatoms. The van der Waals surface area contributed by atoms with Crippen molar-refractivity contribution in [3.05, 3.63) is 28.2 Å². The minimum atomic E-state index is -3.47. The van der Waals surface area contributed by atoms with E-state index >= 15 is 0 Å². The first-order chi connectivity index (χ1) is 9.22. The smallest absolute Gasteiger partial charge is 0.241 e. The van der Waals surface area contributed by atoms with E-state index in [-0.39, 0.29) is 5.92 Å². The zero-order valence-corrected chi connectivity index (χ0v) is 14.8. The van der Waals surface area contributed by atoms with Gasteiger partial charge in [-0.1, -0.05) is 33.8 Å². The maximum absolute atomic E-state index is 12.3. The fourth-order valence-electron chi connectivity index (χ4n) is 1.54. The summed E-state index contributed by atoms with van der Waals surface area (Å²) in [5.74, 6) is 0.273. The molecule has 20 heavy (non-hydrogen) atoms. The third-order valence-corrected chi connectivity index (χ3v) is 5.10. The highest BCUT2D eigenvalue weighted by atomic mass is 79.9. The predicted octanol–water partition coefficient (Wildman–Crippen LogP) is 2.88. The Bertz CT molecular complexity index is 542. The van der Waals surface area contributed by atoms with Gasteiger partial charge in [0.2, 0.25) is 10.0 Å². The molecular formula is C14H23BrN2O2S. The summed E-state index contributed by atoms with van der Waals surface area (Å²) in [4.78, 5) is 0.293. The molecule has 0 saturated heterocycles. The molecule has 2 N–H and O–H groups in total. The van der Waals surface area contributed by atoms with Crippen LogP contribution in [-0.2, 0) is 16.6 Å². The molecule has 0 amide bonds. The normalized spacial score (nSPS) is 12.3. The highest BCUT2D eigenvalue weighted by molar-refractivity contribution is 9.10. The molecule has 0 aliphatic rings. The highest BCUT2D eigenvalue weighted by Crippen LogP contribution is 2.23. The maximum Gasteiger partial charge on any atom is 0.241 e. The van der Waals surface area contributed by atoms with Crippen LogP contribution in [0.3, 0.4) is 0 Å². The van der Waals surface area contributed by atoms with Gasteiger partial charge >= 0.3 is 0 Å². The lowest BCUT2D eigenvalue weighted by Crippen LogP contribution is -2.28. The fourth-order valence-corrected chi connectivity index (χ4v) is 3.77. The number of benzene rings is 1. The molecule has 0 heterocycles. The van der Waals surface area contributed by atoms with Crippen molar-refractivity contribution in [1.29, 1.82) is 0 Å². The van der Waals surface area contributed by atoms with E-state index in [2.05, 4.69) is 39.8 Å². The van der Waals surface area contributed by atoms with E-state index < -0.39 is 10.0 Å². The quantitative estimate of drug-likeness (QED) is 0.783. The van der Waals surface area contributed by atoms with Crippen molar-refractivity contribution < 1.29 is 8.42 Å². The Labute approximate surface area is 130 Å². The second kappa shape index (κ2) is 7.54. The van der Waals surface area contributed by atoms with Crippen LogP contribution in [0.1, 0.15) is 33.3 Å². The second-order valence-corrected chi connectivity index (χ2v) is 8.14. The monoisotopic (exact) mass is 362 g/mol. The summed E-state index contributed by atoms with van der Waals surface area (Å²) in [5, 5.41) is 3.28. The molecule has 0 aromatic heterocycles. The first-order valence-electron chi connectivity index (χ1n) is 6.74. The van der Waals surface area contributed by atoms with Crippen molar-refractivity contribution in [3.63, 3.8) is 0 Å². The minimum Gasteiger partial charge on any atom is -0.310 e. The van der Waals surface area contributed by atoms with Gasteiger partial charge in [0, 0.05) is 23.6 Å². The van der Waals surface area contributed by atoms with Gasteiger partial charge in [-0.05, 0) is 39.5 Å². The Morgan fingerprint density at radius 3 is 2.40 bits per heavy atom. The van der Waals surface area contributed by atoms with Crippen LogP contribution in [0, 0.1) is 5.92 Å². The number of nitrogens with one attached hydrogen (secondary N) is 2. The van der Waals surface area contributed by atoms with E-state index in [1.54, 1.807) is 12.1 Å². The van der Waals surface area contributed by atoms with Crippen molar-refractivity contribution >= 4 is 26.0 Å². The van der Waals surface area contributed by atoms with Crippen LogP contribution in [0.4, 0.5) is 0 Å². The average molecular weight is 363 g/mol. The lowest BCUT2D eigenvalue weighted by molar-refractivity contribution is 0.559. The summed E-state index contributed by atoms with van der Waals surface area (Å²) in [7, 11) is -3.47. The van der Waals surface area contributed by atoms with Crippen LogP contribution >= 0.6 is 15.9 Å². The predicted molar refractivity (Wildman–Crippen MR) is 86.1 cm³/mol. The molecule has 1 rings (SSSR count). The van der Waals surface area contributed by atoms with E-state index in [0.29, 0.717) is 28.5 Å². The van der Waals surface area contributed by atoms with Crippen LogP contribution in [-0.4, -0.2) is 21.0 Å². The second-order valence-electron chi connectivity index (χ2n) is 5.55. The van der Waals surface area contributed by atoms with Crippen molar-refractivity contribution in [2.75, 3.05) is 6.54 Å². The van der Waals surface area contributed by atoms with Crippen LogP contribution in [0.25, 0.3) is 0 Å². The molecule has 0 fully saturated rings. The van der Waals surface area contributed by atoms with Crippen molar-refractivity contribution in [3.8, 4) is 0 Å². The van der Waals surface area contributed by atoms with E-state index in [0.717, 1.165) is 5.56 Å². The number of hydrogen-bond acceptors (Lipinski definition) is 3. The largest absolute Gasteiger partial charge is 0.310 e. The fraction of sp³-hybridized carbons (Fsp3) is 0.571. The lowest BCUT2D eigenvalue weighted by atomic mass is 10.2. The highest BCUT2D eigenvalue weighted by Gasteiger charge is 2.18. The van der Waals surface area contributed by atoms with E-state index in [9.17, 15) is 8.42 Å². The van der Waals surface area contributed by atoms with Crippen molar-refractivity contribution in [2.45, 2.75) is 45.2 Å². The third-order valence-electron chi connectivity index (χ3n) is 2.68. The Kier molecular flexibility index (Phi) is 6.64. The number of halogens is 1. The molecule has 0 spiro atoms. The Hall–Kier alpha value is -0.430. The zero-order valence-electron chi connectivity index (χ0n) is 12.4. The van der Waals surface area contributed by atoms with Gasteiger partial charge in [0.05, 0.1) is 4.90 Å². The molecule has 1 aromatic carbocycles. The molecular weight excluding hydrogens is 340 g/mol. The molecule has 0 saturated carbocycles. The summed E-state index contributed by atoms with van der Waals surface area (Å²) in [6.07, 6.45) is 0. The molecule has 0 atom stereocenters. The zero-order chi connectivity index (χ0) is 15.3. The summed E-state index contributed by atoms with van der Waals surface area (Å²) in [5.41, 5.74) is 0.951. The molecule has 4 nitrogen and oxygen atoms in total. The van der Waals surface area contributed by atoms with Gasteiger partial charge < -0.3 is 5.32 Å². The Morgan fingerprint density at radius 1 is 1.20 bits per heavy atom. The molecule has 0 aliphatic heterocycles. The maximum atomic E-state index is 12.3. The standard InChI is InChI=1S/C14H23BrN2O2S/c1-10(2)8-17-20(18,19)14-7-12(5-6-13(14)15)9-16-11(3)4/h5-7,10-11,16-17H,8-9H2,1-4H3. The van der Waals surface area contributed by atoms with Gasteiger partial charge in [-0.2, -0.15) is 0 Å². The summed E-state index contributed by atoms with van der Waals surface area (Å²) in [6, 6.07) is 5.77. The average Bonchev–Trinajstić information content (AvgIpc) is 2.35. The van der Waals surface area contributed by atoms with E-state index in [4.69, 9.17) is 0 Å². The molecule has 114 valence electrons. The van der Waals surface area contributed by atoms with E-state index in [1.165, 1.54) is 0 Å². The SMILES string of the molecule is CC(C)CNS(=O)(=O)c1cc(CNC(C)C)ccc1Br. The lowest BCUT2D eigenvalue weighted by Gasteiger charge is -2.13. The third kappa shape index (κ3) is 5.52. The van der Waals surface area contributed by atoms with Gasteiger partial charge in [0.25, 0.3) is 0 Å². The van der Waals surface area contributed by atoms with Crippen LogP contribution in [0.2, 0.25) is 0 Å². The Morgan fingerprint density at radius 2 is 1.85 bits per heavy atom. The molecule has 0 radical (unpaired) electrons. The van der Waals surface area contributed by atoms with Crippen LogP contribution < -0.4 is 10.0 Å². The molecule has 0 bridgehead atoms. The molecule has 1 aromatic rings. The van der Waals surface area contributed by atoms with Crippen LogP contribution in [0.5, 0.6) is 0 Å². The topological polar surface area (TPSA) is 58.2 Å².